The number of aryl methyl sites for hydroxylation is 1. The number of hydrogen-bond acceptors (Lipinski definition) is 2. The molecule has 1 aliphatic rings. The van der Waals surface area contributed by atoms with Crippen LogP contribution < -0.4 is 10.5 Å². The van der Waals surface area contributed by atoms with Gasteiger partial charge in [-0.1, -0.05) is 39.2 Å². The molecule has 112 valence electrons. The standard InChI is InChI=1S/C18H29NO/c1-3-5-7-14(4-2)13-20-16-11-10-15-8-6-9-18(19)17(15)12-16/h10-12,14,18H,3-9,13,19H2,1-2H3. The lowest BCUT2D eigenvalue weighted by Gasteiger charge is -2.23. The molecule has 0 aliphatic heterocycles. The molecular formula is C18H29NO. The van der Waals surface area contributed by atoms with Crippen molar-refractivity contribution in [2.75, 3.05) is 6.61 Å². The average Bonchev–Trinajstić information content (AvgIpc) is 2.48. The minimum atomic E-state index is 0.198. The summed E-state index contributed by atoms with van der Waals surface area (Å²) >= 11 is 0. The van der Waals surface area contributed by atoms with E-state index in [0.29, 0.717) is 5.92 Å². The molecule has 1 aromatic rings. The molecule has 2 nitrogen and oxygen atoms in total. The van der Waals surface area contributed by atoms with Crippen molar-refractivity contribution >= 4 is 0 Å². The van der Waals surface area contributed by atoms with Crippen LogP contribution in [0.25, 0.3) is 0 Å². The van der Waals surface area contributed by atoms with E-state index in [-0.39, 0.29) is 6.04 Å². The lowest BCUT2D eigenvalue weighted by Crippen LogP contribution is -2.18. The van der Waals surface area contributed by atoms with Crippen LogP contribution in [0, 0.1) is 5.92 Å². The van der Waals surface area contributed by atoms with Crippen LogP contribution >= 0.6 is 0 Å². The Hall–Kier alpha value is -1.02. The predicted octanol–water partition coefficient (Wildman–Crippen LogP) is 4.62. The van der Waals surface area contributed by atoms with Crippen LogP contribution in [0.5, 0.6) is 5.75 Å². The van der Waals surface area contributed by atoms with Crippen LogP contribution in [-0.4, -0.2) is 6.61 Å². The first-order chi connectivity index (χ1) is 9.74. The topological polar surface area (TPSA) is 35.2 Å². The summed E-state index contributed by atoms with van der Waals surface area (Å²) in [5, 5.41) is 0. The molecule has 1 aromatic carbocycles. The van der Waals surface area contributed by atoms with Gasteiger partial charge in [0.1, 0.15) is 5.75 Å². The van der Waals surface area contributed by atoms with Crippen molar-refractivity contribution in [2.45, 2.75) is 64.8 Å². The van der Waals surface area contributed by atoms with Gasteiger partial charge >= 0.3 is 0 Å². The first-order valence-corrected chi connectivity index (χ1v) is 8.25. The highest BCUT2D eigenvalue weighted by Crippen LogP contribution is 2.31. The van der Waals surface area contributed by atoms with E-state index in [9.17, 15) is 0 Å². The van der Waals surface area contributed by atoms with Gasteiger partial charge in [-0.05, 0) is 54.9 Å². The van der Waals surface area contributed by atoms with Crippen molar-refractivity contribution < 1.29 is 4.74 Å². The molecule has 2 atom stereocenters. The number of hydrogen-bond donors (Lipinski definition) is 1. The fourth-order valence-electron chi connectivity index (χ4n) is 3.02. The summed E-state index contributed by atoms with van der Waals surface area (Å²) in [5.74, 6) is 1.68. The summed E-state index contributed by atoms with van der Waals surface area (Å²) < 4.78 is 6.01. The van der Waals surface area contributed by atoms with Crippen molar-refractivity contribution in [1.82, 2.24) is 0 Å². The lowest BCUT2D eigenvalue weighted by atomic mass is 9.88. The fourth-order valence-corrected chi connectivity index (χ4v) is 3.02. The molecule has 20 heavy (non-hydrogen) atoms. The third-order valence-corrected chi connectivity index (χ3v) is 4.51. The molecule has 0 fully saturated rings. The molecule has 0 heterocycles. The molecule has 1 aliphatic carbocycles. The third kappa shape index (κ3) is 3.99. The largest absolute Gasteiger partial charge is 0.493 e. The van der Waals surface area contributed by atoms with Gasteiger partial charge in [-0.25, -0.2) is 0 Å². The van der Waals surface area contributed by atoms with Crippen LogP contribution in [0.4, 0.5) is 0 Å². The SMILES string of the molecule is CCCCC(CC)COc1ccc2c(c1)C(N)CCC2. The summed E-state index contributed by atoms with van der Waals surface area (Å²) in [6.45, 7) is 5.34. The summed E-state index contributed by atoms with van der Waals surface area (Å²) in [6.07, 6.45) is 8.52. The smallest absolute Gasteiger partial charge is 0.119 e. The summed E-state index contributed by atoms with van der Waals surface area (Å²) in [6, 6.07) is 6.69. The van der Waals surface area contributed by atoms with Crippen molar-refractivity contribution in [1.29, 1.82) is 0 Å². The normalized spacial score (nSPS) is 19.4. The van der Waals surface area contributed by atoms with Crippen molar-refractivity contribution in [3.8, 4) is 5.75 Å². The number of unbranched alkanes of at least 4 members (excludes halogenated alkanes) is 1. The van der Waals surface area contributed by atoms with Crippen LogP contribution in [-0.2, 0) is 6.42 Å². The Bertz CT molecular complexity index is 416. The summed E-state index contributed by atoms with van der Waals surface area (Å²) in [4.78, 5) is 0. The zero-order valence-electron chi connectivity index (χ0n) is 13.0. The van der Waals surface area contributed by atoms with Gasteiger partial charge in [0.15, 0.2) is 0 Å². The highest BCUT2D eigenvalue weighted by molar-refractivity contribution is 5.39. The van der Waals surface area contributed by atoms with Gasteiger partial charge in [0, 0.05) is 6.04 Å². The highest BCUT2D eigenvalue weighted by atomic mass is 16.5. The van der Waals surface area contributed by atoms with E-state index in [1.165, 1.54) is 43.2 Å². The molecule has 0 bridgehead atoms. The molecule has 0 saturated heterocycles. The molecule has 2 heteroatoms. The van der Waals surface area contributed by atoms with Crippen LogP contribution in [0.3, 0.4) is 0 Å². The Labute approximate surface area is 123 Å². The second-order valence-corrected chi connectivity index (χ2v) is 6.09. The van der Waals surface area contributed by atoms with E-state index in [4.69, 9.17) is 10.5 Å². The number of benzene rings is 1. The zero-order valence-corrected chi connectivity index (χ0v) is 13.0. The van der Waals surface area contributed by atoms with Gasteiger partial charge in [-0.3, -0.25) is 0 Å². The lowest BCUT2D eigenvalue weighted by molar-refractivity contribution is 0.233. The summed E-state index contributed by atoms with van der Waals surface area (Å²) in [5.41, 5.74) is 8.92. The Kier molecular flexibility index (Phi) is 5.90. The summed E-state index contributed by atoms with van der Waals surface area (Å²) in [7, 11) is 0. The maximum absolute atomic E-state index is 6.21. The Morgan fingerprint density at radius 3 is 2.95 bits per heavy atom. The van der Waals surface area contributed by atoms with Crippen LogP contribution in [0.1, 0.15) is 69.5 Å². The molecule has 2 N–H and O–H groups in total. The maximum atomic E-state index is 6.21. The first-order valence-electron chi connectivity index (χ1n) is 8.25. The van der Waals surface area contributed by atoms with Crippen LogP contribution in [0.2, 0.25) is 0 Å². The van der Waals surface area contributed by atoms with Crippen molar-refractivity contribution in [3.05, 3.63) is 29.3 Å². The second kappa shape index (κ2) is 7.68. The van der Waals surface area contributed by atoms with E-state index in [1.807, 2.05) is 0 Å². The number of nitrogens with two attached hydrogens (primary N) is 1. The number of ether oxygens (including phenoxy) is 1. The van der Waals surface area contributed by atoms with Gasteiger partial charge in [0.05, 0.1) is 6.61 Å². The minimum absolute atomic E-state index is 0.198. The zero-order chi connectivity index (χ0) is 14.4. The minimum Gasteiger partial charge on any atom is -0.493 e. The van der Waals surface area contributed by atoms with Crippen LogP contribution in [0.15, 0.2) is 18.2 Å². The van der Waals surface area contributed by atoms with E-state index in [0.717, 1.165) is 25.2 Å². The number of rotatable bonds is 7. The molecular weight excluding hydrogens is 246 g/mol. The maximum Gasteiger partial charge on any atom is 0.119 e. The number of fused-ring (bicyclic) bond motifs is 1. The van der Waals surface area contributed by atoms with E-state index >= 15 is 0 Å². The molecule has 0 amide bonds. The molecule has 0 saturated carbocycles. The molecule has 2 unspecified atom stereocenters. The Morgan fingerprint density at radius 2 is 2.20 bits per heavy atom. The predicted molar refractivity (Wildman–Crippen MR) is 85.1 cm³/mol. The van der Waals surface area contributed by atoms with Gasteiger partial charge in [0.25, 0.3) is 0 Å². The fraction of sp³-hybridized carbons (Fsp3) is 0.667. The van der Waals surface area contributed by atoms with Crippen molar-refractivity contribution in [2.24, 2.45) is 11.7 Å². The molecule has 0 aromatic heterocycles. The quantitative estimate of drug-likeness (QED) is 0.788. The first kappa shape index (κ1) is 15.4. The van der Waals surface area contributed by atoms with Gasteiger partial charge in [-0.2, -0.15) is 0 Å². The Balaban J connectivity index is 1.94. The Morgan fingerprint density at radius 1 is 1.35 bits per heavy atom. The molecule has 0 spiro atoms. The second-order valence-electron chi connectivity index (χ2n) is 6.09. The third-order valence-electron chi connectivity index (χ3n) is 4.51. The van der Waals surface area contributed by atoms with Gasteiger partial charge < -0.3 is 10.5 Å². The van der Waals surface area contributed by atoms with E-state index in [1.54, 1.807) is 0 Å². The van der Waals surface area contributed by atoms with E-state index < -0.39 is 0 Å². The van der Waals surface area contributed by atoms with Crippen molar-refractivity contribution in [3.63, 3.8) is 0 Å². The molecule has 0 radical (unpaired) electrons. The molecule has 2 rings (SSSR count). The highest BCUT2D eigenvalue weighted by Gasteiger charge is 2.17. The van der Waals surface area contributed by atoms with Gasteiger partial charge in [-0.15, -0.1) is 0 Å². The average molecular weight is 275 g/mol. The van der Waals surface area contributed by atoms with E-state index in [2.05, 4.69) is 32.0 Å². The monoisotopic (exact) mass is 275 g/mol. The van der Waals surface area contributed by atoms with Gasteiger partial charge in [0.2, 0.25) is 0 Å².